The Bertz CT molecular complexity index is 1670. The summed E-state index contributed by atoms with van der Waals surface area (Å²) >= 11 is 0. The third-order valence-electron chi connectivity index (χ3n) is 14.2. The zero-order valence-corrected chi connectivity index (χ0v) is 32.7. The largest absolute Gasteiger partial charge is 0.461 e. The number of hydrogen-bond acceptors (Lipinski definition) is 14. The lowest BCUT2D eigenvalue weighted by atomic mass is 9.47. The van der Waals surface area contributed by atoms with Crippen LogP contribution in [0, 0.1) is 46.3 Å². The van der Waals surface area contributed by atoms with Crippen molar-refractivity contribution >= 4 is 35.6 Å². The maximum absolute atomic E-state index is 13.9. The Balaban J connectivity index is 1.06. The molecular formula is C41H54O14. The van der Waals surface area contributed by atoms with Crippen LogP contribution in [0.4, 0.5) is 0 Å². The van der Waals surface area contributed by atoms with Crippen molar-refractivity contribution in [3.63, 3.8) is 0 Å². The minimum Gasteiger partial charge on any atom is -0.461 e. The molecule has 0 aromatic rings. The molecule has 0 N–H and O–H groups in total. The van der Waals surface area contributed by atoms with Gasteiger partial charge in [0.15, 0.2) is 18.0 Å². The molecular weight excluding hydrogens is 716 g/mol. The van der Waals surface area contributed by atoms with E-state index in [1.54, 1.807) is 6.08 Å². The van der Waals surface area contributed by atoms with Crippen LogP contribution in [0.5, 0.6) is 0 Å². The Kier molecular flexibility index (Phi) is 10.6. The number of hydrogen-bond donors (Lipinski definition) is 0. The number of carbonyl (C=O) groups is 6. The number of carbonyl (C=O) groups excluding carboxylic acids is 6. The van der Waals surface area contributed by atoms with Gasteiger partial charge in [-0.15, -0.1) is 0 Å². The predicted octanol–water partition coefficient (Wildman–Crippen LogP) is 4.30. The quantitative estimate of drug-likeness (QED) is 0.194. The van der Waals surface area contributed by atoms with E-state index in [0.717, 1.165) is 66.2 Å². The highest BCUT2D eigenvalue weighted by atomic mass is 16.8. The fourth-order valence-electron chi connectivity index (χ4n) is 11.7. The average Bonchev–Trinajstić information content (AvgIpc) is 3.44. The number of esters is 5. The maximum Gasteiger partial charge on any atom is 0.314 e. The summed E-state index contributed by atoms with van der Waals surface area (Å²) in [4.78, 5) is 75.8. The van der Waals surface area contributed by atoms with E-state index in [9.17, 15) is 28.8 Å². The second-order valence-electron chi connectivity index (χ2n) is 17.3. The molecule has 2 saturated carbocycles. The summed E-state index contributed by atoms with van der Waals surface area (Å²) in [6.45, 7) is 11.0. The van der Waals surface area contributed by atoms with Gasteiger partial charge in [0, 0.05) is 40.0 Å². The molecule has 302 valence electrons. The van der Waals surface area contributed by atoms with Gasteiger partial charge < -0.3 is 37.9 Å². The molecule has 0 aromatic heterocycles. The molecule has 10 unspecified atom stereocenters. The molecule has 55 heavy (non-hydrogen) atoms. The minimum absolute atomic E-state index is 0.0113. The summed E-state index contributed by atoms with van der Waals surface area (Å²) in [7, 11) is 0. The van der Waals surface area contributed by atoms with Crippen LogP contribution in [0.25, 0.3) is 0 Å². The molecule has 0 radical (unpaired) electrons. The first kappa shape index (κ1) is 39.6. The summed E-state index contributed by atoms with van der Waals surface area (Å²) < 4.78 is 46.5. The first-order chi connectivity index (χ1) is 26.0. The number of allylic oxidation sites excluding steroid dienone is 4. The highest BCUT2D eigenvalue weighted by Gasteiger charge is 2.64. The molecule has 15 atom stereocenters. The Morgan fingerprint density at radius 2 is 1.40 bits per heavy atom. The van der Waals surface area contributed by atoms with Gasteiger partial charge in [0.1, 0.15) is 12.0 Å². The fourth-order valence-corrected chi connectivity index (χ4v) is 11.7. The van der Waals surface area contributed by atoms with Crippen molar-refractivity contribution in [3.8, 4) is 0 Å². The fraction of sp³-hybridized carbons (Fsp3) is 0.756. The lowest BCUT2D eigenvalue weighted by Gasteiger charge is -2.58. The molecule has 3 saturated heterocycles. The van der Waals surface area contributed by atoms with Crippen LogP contribution in [0.3, 0.4) is 0 Å². The number of rotatable bonds is 8. The van der Waals surface area contributed by atoms with E-state index < -0.39 is 77.7 Å². The maximum atomic E-state index is 13.9. The normalized spacial score (nSPS) is 44.5. The summed E-state index contributed by atoms with van der Waals surface area (Å²) in [6, 6.07) is 0. The minimum atomic E-state index is -1.60. The molecule has 0 aromatic carbocycles. The second kappa shape index (κ2) is 14.7. The monoisotopic (exact) mass is 770 g/mol. The van der Waals surface area contributed by atoms with Crippen LogP contribution in [-0.4, -0.2) is 91.4 Å². The van der Waals surface area contributed by atoms with Crippen LogP contribution < -0.4 is 0 Å². The third-order valence-corrected chi connectivity index (χ3v) is 14.2. The second-order valence-corrected chi connectivity index (χ2v) is 17.3. The van der Waals surface area contributed by atoms with Gasteiger partial charge in [0.25, 0.3) is 0 Å². The standard InChI is InChI=1S/C41H54O14/c1-20(42)50-33-34(51-21(2)43)37(55-38(53-23(4)45)35(33)52-22(3)44)48-19-30-36(47)54-31-17-40(30,6)49-18-26(31)28-14-13-27-25-12-11-24-9-8-10-32(46)41(24,7)29(25)15-16-39(27,28)5/h8,10-11,25-31,33-35,37-38H,9,12-19H2,1-7H3/t25?,26?,27?,28?,29?,30?,31?,33-,34-,35+,37-,38+,39?,40?,41?/m1/s1. The van der Waals surface area contributed by atoms with Crippen molar-refractivity contribution in [2.45, 2.75) is 136 Å². The topological polar surface area (TPSA) is 176 Å². The van der Waals surface area contributed by atoms with Crippen LogP contribution in [0.15, 0.2) is 23.8 Å². The van der Waals surface area contributed by atoms with Crippen molar-refractivity contribution in [2.75, 3.05) is 13.2 Å². The zero-order valence-electron chi connectivity index (χ0n) is 32.7. The summed E-state index contributed by atoms with van der Waals surface area (Å²) in [5, 5.41) is 0. The molecule has 14 heteroatoms. The van der Waals surface area contributed by atoms with Gasteiger partial charge in [0.05, 0.1) is 24.2 Å². The van der Waals surface area contributed by atoms with Crippen molar-refractivity contribution < 1.29 is 66.7 Å². The third kappa shape index (κ3) is 6.94. The van der Waals surface area contributed by atoms with Crippen LogP contribution >= 0.6 is 0 Å². The van der Waals surface area contributed by atoms with Crippen LogP contribution in [0.1, 0.15) is 93.4 Å². The number of ketones is 1. The van der Waals surface area contributed by atoms with E-state index in [2.05, 4.69) is 19.9 Å². The smallest absolute Gasteiger partial charge is 0.314 e. The Morgan fingerprint density at radius 3 is 2.05 bits per heavy atom. The van der Waals surface area contributed by atoms with E-state index in [4.69, 9.17) is 37.9 Å². The molecule has 0 spiro atoms. The number of ether oxygens (including phenoxy) is 8. The van der Waals surface area contributed by atoms with Crippen molar-refractivity contribution in [1.82, 2.24) is 0 Å². The van der Waals surface area contributed by atoms with Crippen LogP contribution in [0.2, 0.25) is 0 Å². The molecule has 7 aliphatic rings. The molecule has 2 bridgehead atoms. The molecule has 4 aliphatic carbocycles. The predicted molar refractivity (Wildman–Crippen MR) is 189 cm³/mol. The molecule has 5 fully saturated rings. The van der Waals surface area contributed by atoms with Gasteiger partial charge in [-0.1, -0.05) is 24.6 Å². The van der Waals surface area contributed by atoms with Gasteiger partial charge in [-0.05, 0) is 87.5 Å². The van der Waals surface area contributed by atoms with Crippen molar-refractivity contribution in [1.29, 1.82) is 0 Å². The van der Waals surface area contributed by atoms with E-state index in [1.165, 1.54) is 5.57 Å². The van der Waals surface area contributed by atoms with Gasteiger partial charge in [0.2, 0.25) is 18.7 Å². The van der Waals surface area contributed by atoms with Gasteiger partial charge in [-0.3, -0.25) is 28.8 Å². The highest BCUT2D eigenvalue weighted by Crippen LogP contribution is 2.67. The Hall–Kier alpha value is -3.62. The van der Waals surface area contributed by atoms with Gasteiger partial charge >= 0.3 is 29.8 Å². The molecule has 14 nitrogen and oxygen atoms in total. The van der Waals surface area contributed by atoms with Crippen LogP contribution in [-0.2, 0) is 66.7 Å². The van der Waals surface area contributed by atoms with Gasteiger partial charge in [-0.2, -0.15) is 0 Å². The molecule has 3 heterocycles. The SMILES string of the molecule is CC(=O)O[C@H]1O[C@@H](OCC2C(=O)OC3CC2(C)OCC3C2CCC3C4CC=C5CC=CC(=O)C5(C)C4CCC23C)[C@H](OC(C)=O)[C@@H](OC(C)=O)[C@@H]1OC(C)=O. The first-order valence-corrected chi connectivity index (χ1v) is 19.7. The summed E-state index contributed by atoms with van der Waals surface area (Å²) in [5.41, 5.74) is -0.0765. The average molecular weight is 771 g/mol. The zero-order chi connectivity index (χ0) is 39.6. The van der Waals surface area contributed by atoms with Crippen molar-refractivity contribution in [3.05, 3.63) is 23.8 Å². The van der Waals surface area contributed by atoms with E-state index in [-0.39, 0.29) is 35.7 Å². The molecule has 0 amide bonds. The highest BCUT2D eigenvalue weighted by molar-refractivity contribution is 5.98. The summed E-state index contributed by atoms with van der Waals surface area (Å²) in [6.07, 6.45) is 4.60. The molecule has 7 rings (SSSR count). The van der Waals surface area contributed by atoms with E-state index in [1.807, 2.05) is 13.0 Å². The lowest BCUT2D eigenvalue weighted by molar-refractivity contribution is -0.348. The molecule has 3 aliphatic heterocycles. The number of fused-ring (bicyclic) bond motifs is 7. The Labute approximate surface area is 321 Å². The Morgan fingerprint density at radius 1 is 0.782 bits per heavy atom. The van der Waals surface area contributed by atoms with Crippen molar-refractivity contribution in [2.24, 2.45) is 46.3 Å². The van der Waals surface area contributed by atoms with E-state index in [0.29, 0.717) is 30.8 Å². The first-order valence-electron chi connectivity index (χ1n) is 19.7. The van der Waals surface area contributed by atoms with Gasteiger partial charge in [-0.25, -0.2) is 0 Å². The lowest BCUT2D eigenvalue weighted by Crippen LogP contribution is -2.64. The summed E-state index contributed by atoms with van der Waals surface area (Å²) in [5.74, 6) is -2.82. The van der Waals surface area contributed by atoms with E-state index >= 15 is 0 Å².